The fourth-order valence-electron chi connectivity index (χ4n) is 3.37. The van der Waals surface area contributed by atoms with Gasteiger partial charge in [-0.1, -0.05) is 23.4 Å². The number of aromatic nitrogens is 7. The van der Waals surface area contributed by atoms with Gasteiger partial charge in [0.15, 0.2) is 17.5 Å². The predicted molar refractivity (Wildman–Crippen MR) is 116 cm³/mol. The lowest BCUT2D eigenvalue weighted by Gasteiger charge is -2.11. The van der Waals surface area contributed by atoms with E-state index in [-0.39, 0.29) is 23.9 Å². The van der Waals surface area contributed by atoms with Crippen molar-refractivity contribution in [3.63, 3.8) is 0 Å². The van der Waals surface area contributed by atoms with Gasteiger partial charge in [0.25, 0.3) is 0 Å². The number of nitrogens with one attached hydrogen (secondary N) is 1. The lowest BCUT2D eigenvalue weighted by molar-refractivity contribution is -0.157. The highest BCUT2D eigenvalue weighted by molar-refractivity contribution is 5.63. The van der Waals surface area contributed by atoms with E-state index in [2.05, 4.69) is 40.2 Å². The molecule has 1 unspecified atom stereocenters. The van der Waals surface area contributed by atoms with Crippen LogP contribution in [-0.2, 0) is 12.7 Å². The Morgan fingerprint density at radius 2 is 1.86 bits per heavy atom. The number of hydrogen-bond acceptors (Lipinski definition) is 9. The van der Waals surface area contributed by atoms with Crippen molar-refractivity contribution >= 4 is 5.82 Å². The number of hydrogen-bond donors (Lipinski definition) is 1. The Bertz CT molecular complexity index is 1530. The third-order valence-electron chi connectivity index (χ3n) is 5.14. The Kier molecular flexibility index (Phi) is 6.11. The predicted octanol–water partition coefficient (Wildman–Crippen LogP) is 4.90. The van der Waals surface area contributed by atoms with Crippen molar-refractivity contribution in [2.24, 2.45) is 0 Å². The van der Waals surface area contributed by atoms with Crippen molar-refractivity contribution in [3.05, 3.63) is 77.8 Å². The molecule has 1 aromatic carbocycles. The summed E-state index contributed by atoms with van der Waals surface area (Å²) < 4.78 is 78.0. The highest BCUT2D eigenvalue weighted by atomic mass is 19.4. The van der Waals surface area contributed by atoms with Gasteiger partial charge in [0, 0.05) is 11.6 Å². The fourth-order valence-corrected chi connectivity index (χ4v) is 3.37. The van der Waals surface area contributed by atoms with Crippen molar-refractivity contribution in [1.82, 2.24) is 35.1 Å². The molecule has 4 heterocycles. The van der Waals surface area contributed by atoms with E-state index in [1.807, 2.05) is 0 Å². The SMILES string of the molecule is CC(Nc1nc(-c2cc(-c3ccon3)n(Cc3ccccc3F)n2)ncc1F)c1nnc(C(F)(F)F)o1. The summed E-state index contributed by atoms with van der Waals surface area (Å²) >= 11 is 0. The summed E-state index contributed by atoms with van der Waals surface area (Å²) in [6, 6.07) is 8.28. The number of rotatable bonds is 7. The van der Waals surface area contributed by atoms with Crippen LogP contribution in [0.15, 0.2) is 57.8 Å². The summed E-state index contributed by atoms with van der Waals surface area (Å²) in [6.07, 6.45) is -2.59. The molecule has 0 fully saturated rings. The second-order valence-electron chi connectivity index (χ2n) is 7.75. The zero-order chi connectivity index (χ0) is 26.2. The maximum atomic E-state index is 14.5. The first-order valence-electron chi connectivity index (χ1n) is 10.6. The molecular formula is C22H15F5N8O2. The van der Waals surface area contributed by atoms with Crippen LogP contribution >= 0.6 is 0 Å². The first-order chi connectivity index (χ1) is 17.7. The Balaban J connectivity index is 1.46. The van der Waals surface area contributed by atoms with Crippen LogP contribution in [0.5, 0.6) is 0 Å². The van der Waals surface area contributed by atoms with E-state index in [0.717, 1.165) is 6.20 Å². The molecule has 0 radical (unpaired) electrons. The van der Waals surface area contributed by atoms with E-state index in [4.69, 9.17) is 4.52 Å². The number of anilines is 1. The largest absolute Gasteiger partial charge is 0.470 e. The number of alkyl halides is 3. The molecule has 10 nitrogen and oxygen atoms in total. The normalized spacial score (nSPS) is 12.6. The third-order valence-corrected chi connectivity index (χ3v) is 5.14. The zero-order valence-electron chi connectivity index (χ0n) is 18.7. The van der Waals surface area contributed by atoms with Crippen LogP contribution in [-0.4, -0.2) is 35.1 Å². The first kappa shape index (κ1) is 24.0. The van der Waals surface area contributed by atoms with Crippen LogP contribution < -0.4 is 5.32 Å². The van der Waals surface area contributed by atoms with Crippen molar-refractivity contribution in [2.45, 2.75) is 25.7 Å². The van der Waals surface area contributed by atoms with Gasteiger partial charge in [-0.25, -0.2) is 18.7 Å². The Hall–Kier alpha value is -4.69. The molecule has 190 valence electrons. The maximum absolute atomic E-state index is 14.5. The quantitative estimate of drug-likeness (QED) is 0.300. The molecule has 5 rings (SSSR count). The average Bonchev–Trinajstić information content (AvgIpc) is 3.62. The lowest BCUT2D eigenvalue weighted by Crippen LogP contribution is -2.11. The minimum atomic E-state index is -4.82. The van der Waals surface area contributed by atoms with Gasteiger partial charge in [-0.15, -0.1) is 10.2 Å². The monoisotopic (exact) mass is 518 g/mol. The van der Waals surface area contributed by atoms with E-state index in [1.54, 1.807) is 30.3 Å². The summed E-state index contributed by atoms with van der Waals surface area (Å²) in [5, 5.41) is 17.2. The standard InChI is InChI=1S/C22H15F5N8O2/c1-11(20-31-32-21(37-20)22(25,26)27)29-18-14(24)9-28-19(30-18)16-8-17(15-6-7-36-34-15)35(33-16)10-12-4-2-3-5-13(12)23/h2-9,11H,10H2,1H3,(H,28,29,30). The van der Waals surface area contributed by atoms with Gasteiger partial charge in [-0.05, 0) is 19.1 Å². The number of benzene rings is 1. The molecule has 0 aliphatic rings. The topological polar surface area (TPSA) is 121 Å². The smallest absolute Gasteiger partial charge is 0.415 e. The second kappa shape index (κ2) is 9.40. The lowest BCUT2D eigenvalue weighted by atomic mass is 10.2. The summed E-state index contributed by atoms with van der Waals surface area (Å²) in [5.41, 5.74) is 1.41. The van der Waals surface area contributed by atoms with E-state index < -0.39 is 35.6 Å². The Morgan fingerprint density at radius 3 is 2.57 bits per heavy atom. The summed E-state index contributed by atoms with van der Waals surface area (Å²) in [5.74, 6) is -3.62. The van der Waals surface area contributed by atoms with Crippen LogP contribution in [0.25, 0.3) is 22.9 Å². The molecule has 0 saturated heterocycles. The van der Waals surface area contributed by atoms with Gasteiger partial charge in [-0.2, -0.15) is 18.3 Å². The van der Waals surface area contributed by atoms with Gasteiger partial charge >= 0.3 is 12.1 Å². The minimum absolute atomic E-state index is 0.0189. The molecule has 15 heteroatoms. The molecule has 0 aliphatic heterocycles. The van der Waals surface area contributed by atoms with Crippen LogP contribution in [0.3, 0.4) is 0 Å². The van der Waals surface area contributed by atoms with Crippen molar-refractivity contribution in [2.75, 3.05) is 5.32 Å². The van der Waals surface area contributed by atoms with Gasteiger partial charge in [0.05, 0.1) is 18.4 Å². The summed E-state index contributed by atoms with van der Waals surface area (Å²) in [6.45, 7) is 1.43. The van der Waals surface area contributed by atoms with Gasteiger partial charge in [-0.3, -0.25) is 4.68 Å². The maximum Gasteiger partial charge on any atom is 0.470 e. The van der Waals surface area contributed by atoms with Crippen molar-refractivity contribution in [1.29, 1.82) is 0 Å². The molecule has 4 aromatic heterocycles. The van der Waals surface area contributed by atoms with E-state index in [1.165, 1.54) is 23.9 Å². The summed E-state index contributed by atoms with van der Waals surface area (Å²) in [4.78, 5) is 8.09. The fraction of sp³-hybridized carbons (Fsp3) is 0.182. The van der Waals surface area contributed by atoms with Gasteiger partial charge < -0.3 is 14.3 Å². The van der Waals surface area contributed by atoms with Crippen molar-refractivity contribution in [3.8, 4) is 22.9 Å². The molecule has 5 aromatic rings. The average molecular weight is 518 g/mol. The molecule has 37 heavy (non-hydrogen) atoms. The second-order valence-corrected chi connectivity index (χ2v) is 7.75. The van der Waals surface area contributed by atoms with Crippen molar-refractivity contribution < 1.29 is 30.9 Å². The first-order valence-corrected chi connectivity index (χ1v) is 10.6. The highest BCUT2D eigenvalue weighted by Gasteiger charge is 2.38. The minimum Gasteiger partial charge on any atom is -0.415 e. The highest BCUT2D eigenvalue weighted by Crippen LogP contribution is 2.30. The van der Waals surface area contributed by atoms with Crippen LogP contribution in [0, 0.1) is 11.6 Å². The molecule has 0 amide bonds. The molecule has 0 aliphatic carbocycles. The zero-order valence-corrected chi connectivity index (χ0v) is 18.7. The van der Waals surface area contributed by atoms with Crippen LogP contribution in [0.4, 0.5) is 27.8 Å². The Labute approximate surface area is 204 Å². The molecule has 0 spiro atoms. The molecule has 1 N–H and O–H groups in total. The third kappa shape index (κ3) is 5.00. The molecular weight excluding hydrogens is 503 g/mol. The van der Waals surface area contributed by atoms with Gasteiger partial charge in [0.2, 0.25) is 5.89 Å². The molecule has 1 atom stereocenters. The van der Waals surface area contributed by atoms with E-state index in [0.29, 0.717) is 17.0 Å². The molecule has 0 bridgehead atoms. The van der Waals surface area contributed by atoms with E-state index >= 15 is 0 Å². The van der Waals surface area contributed by atoms with Crippen LogP contribution in [0.2, 0.25) is 0 Å². The van der Waals surface area contributed by atoms with Crippen LogP contribution in [0.1, 0.15) is 30.3 Å². The summed E-state index contributed by atoms with van der Waals surface area (Å²) in [7, 11) is 0. The number of halogens is 5. The van der Waals surface area contributed by atoms with Gasteiger partial charge in [0.1, 0.15) is 29.5 Å². The Morgan fingerprint density at radius 1 is 1.05 bits per heavy atom. The van der Waals surface area contributed by atoms with E-state index in [9.17, 15) is 22.0 Å². The number of nitrogens with zero attached hydrogens (tertiary/aromatic N) is 7. The molecule has 0 saturated carbocycles.